The molecule has 1 heterocycles. The maximum Gasteiger partial charge on any atom is 0.253 e. The van der Waals surface area contributed by atoms with Crippen LogP contribution in [0.4, 0.5) is 5.69 Å². The Bertz CT molecular complexity index is 387. The van der Waals surface area contributed by atoms with E-state index in [1.54, 1.807) is 12.3 Å². The highest BCUT2D eigenvalue weighted by Crippen LogP contribution is 2.34. The van der Waals surface area contributed by atoms with Crippen molar-refractivity contribution in [1.29, 1.82) is 0 Å². The minimum atomic E-state index is -0.106. The number of carbonyl (C=O) groups excluding carboxylic acids is 1. The normalized spacial score (nSPS) is 16.9. The van der Waals surface area contributed by atoms with Crippen molar-refractivity contribution in [3.63, 3.8) is 0 Å². The summed E-state index contributed by atoms with van der Waals surface area (Å²) in [4.78, 5) is 15.7. The monoisotopic (exact) mass is 206 g/mol. The second-order valence-corrected chi connectivity index (χ2v) is 4.08. The number of anilines is 1. The summed E-state index contributed by atoms with van der Waals surface area (Å²) in [7, 11) is 0. The molecule has 1 aromatic heterocycles. The zero-order chi connectivity index (χ0) is 10.9. The number of rotatable bonds is 3. The maximum atomic E-state index is 11.8. The third kappa shape index (κ3) is 2.07. The Morgan fingerprint density at radius 2 is 2.33 bits per heavy atom. The van der Waals surface area contributed by atoms with Gasteiger partial charge in [0.05, 0.1) is 17.4 Å². The van der Waals surface area contributed by atoms with Gasteiger partial charge in [-0.05, 0) is 25.8 Å². The average molecular weight is 206 g/mol. The molecule has 0 atom stereocenters. The number of hydrogen-bond acceptors (Lipinski definition) is 4. The van der Waals surface area contributed by atoms with Gasteiger partial charge >= 0.3 is 0 Å². The zero-order valence-electron chi connectivity index (χ0n) is 8.58. The van der Waals surface area contributed by atoms with Crippen molar-refractivity contribution in [2.45, 2.75) is 25.3 Å². The molecule has 0 aliphatic heterocycles. The molecule has 0 saturated heterocycles. The van der Waals surface area contributed by atoms with Crippen LogP contribution in [0.25, 0.3) is 0 Å². The van der Waals surface area contributed by atoms with E-state index in [0.29, 0.717) is 11.3 Å². The first-order valence-electron chi connectivity index (χ1n) is 4.88. The molecule has 1 aromatic rings. The predicted molar refractivity (Wildman–Crippen MR) is 57.2 cm³/mol. The van der Waals surface area contributed by atoms with Gasteiger partial charge in [-0.2, -0.15) is 0 Å². The van der Waals surface area contributed by atoms with Gasteiger partial charge in [0.15, 0.2) is 0 Å². The Balaban J connectivity index is 2.17. The van der Waals surface area contributed by atoms with Crippen LogP contribution in [0.1, 0.15) is 30.1 Å². The molecule has 1 aliphatic carbocycles. The van der Waals surface area contributed by atoms with Gasteiger partial charge < -0.3 is 10.7 Å². The molecule has 2 rings (SSSR count). The molecule has 0 bridgehead atoms. The van der Waals surface area contributed by atoms with E-state index in [-0.39, 0.29) is 11.4 Å². The fourth-order valence-electron chi connectivity index (χ4n) is 1.36. The number of nitrogens with two attached hydrogens (primary N) is 1. The van der Waals surface area contributed by atoms with Gasteiger partial charge in [-0.25, -0.2) is 0 Å². The quantitative estimate of drug-likeness (QED) is 0.501. The van der Waals surface area contributed by atoms with Crippen molar-refractivity contribution in [3.8, 4) is 0 Å². The molecule has 0 aromatic carbocycles. The minimum absolute atomic E-state index is 0.0216. The first-order valence-corrected chi connectivity index (χ1v) is 4.88. The summed E-state index contributed by atoms with van der Waals surface area (Å²) >= 11 is 0. The van der Waals surface area contributed by atoms with E-state index in [1.807, 2.05) is 6.92 Å². The van der Waals surface area contributed by atoms with E-state index in [1.165, 1.54) is 6.20 Å². The lowest BCUT2D eigenvalue weighted by Gasteiger charge is -2.13. The minimum Gasteiger partial charge on any atom is -0.347 e. The van der Waals surface area contributed by atoms with Crippen LogP contribution in [0.15, 0.2) is 18.5 Å². The van der Waals surface area contributed by atoms with Crippen LogP contribution in [-0.2, 0) is 0 Å². The first kappa shape index (κ1) is 9.92. The summed E-state index contributed by atoms with van der Waals surface area (Å²) < 4.78 is 0. The van der Waals surface area contributed by atoms with Crippen molar-refractivity contribution < 1.29 is 4.79 Å². The van der Waals surface area contributed by atoms with Crippen molar-refractivity contribution in [1.82, 2.24) is 10.3 Å². The van der Waals surface area contributed by atoms with Crippen molar-refractivity contribution in [2.75, 3.05) is 5.43 Å². The van der Waals surface area contributed by atoms with Crippen LogP contribution in [-0.4, -0.2) is 16.4 Å². The Hall–Kier alpha value is -1.62. The third-order valence-corrected chi connectivity index (χ3v) is 2.64. The number of nitrogens with one attached hydrogen (secondary N) is 2. The fourth-order valence-corrected chi connectivity index (χ4v) is 1.36. The molecule has 1 saturated carbocycles. The Morgan fingerprint density at radius 1 is 1.60 bits per heavy atom. The van der Waals surface area contributed by atoms with Gasteiger partial charge in [0.2, 0.25) is 0 Å². The molecule has 5 heteroatoms. The average Bonchev–Trinajstić information content (AvgIpc) is 2.96. The number of aromatic nitrogens is 1. The second kappa shape index (κ2) is 3.51. The number of carbonyl (C=O) groups is 1. The van der Waals surface area contributed by atoms with E-state index in [0.717, 1.165) is 12.8 Å². The standard InChI is InChI=1S/C10H14N4O/c1-10(3-4-10)13-9(15)7-2-5-12-6-8(7)14-11/h2,5-6,14H,3-4,11H2,1H3,(H,13,15). The molecule has 5 nitrogen and oxygen atoms in total. The van der Waals surface area contributed by atoms with E-state index >= 15 is 0 Å². The Labute approximate surface area is 88.0 Å². The van der Waals surface area contributed by atoms with Gasteiger partial charge in [-0.15, -0.1) is 0 Å². The molecular formula is C10H14N4O. The Morgan fingerprint density at radius 3 is 2.93 bits per heavy atom. The third-order valence-electron chi connectivity index (χ3n) is 2.64. The van der Waals surface area contributed by atoms with Gasteiger partial charge in [0.1, 0.15) is 0 Å². The molecule has 0 unspecified atom stereocenters. The summed E-state index contributed by atoms with van der Waals surface area (Å²) in [6.45, 7) is 2.03. The summed E-state index contributed by atoms with van der Waals surface area (Å²) in [6.07, 6.45) is 5.18. The van der Waals surface area contributed by atoms with Crippen LogP contribution in [0.5, 0.6) is 0 Å². The number of hydrazine groups is 1. The van der Waals surface area contributed by atoms with E-state index in [2.05, 4.69) is 15.7 Å². The lowest BCUT2D eigenvalue weighted by atomic mass is 10.2. The van der Waals surface area contributed by atoms with Crippen molar-refractivity contribution >= 4 is 11.6 Å². The first-order chi connectivity index (χ1) is 7.14. The molecule has 80 valence electrons. The SMILES string of the molecule is CC1(NC(=O)c2ccncc2NN)CC1. The maximum absolute atomic E-state index is 11.8. The highest BCUT2D eigenvalue weighted by atomic mass is 16.1. The van der Waals surface area contributed by atoms with E-state index < -0.39 is 0 Å². The molecule has 1 fully saturated rings. The largest absolute Gasteiger partial charge is 0.347 e. The molecule has 15 heavy (non-hydrogen) atoms. The fraction of sp³-hybridized carbons (Fsp3) is 0.400. The molecular weight excluding hydrogens is 192 g/mol. The number of pyridine rings is 1. The van der Waals surface area contributed by atoms with Crippen LogP contribution < -0.4 is 16.6 Å². The smallest absolute Gasteiger partial charge is 0.253 e. The lowest BCUT2D eigenvalue weighted by molar-refractivity contribution is 0.0936. The Kier molecular flexibility index (Phi) is 2.32. The van der Waals surface area contributed by atoms with Gasteiger partial charge in [0, 0.05) is 11.7 Å². The van der Waals surface area contributed by atoms with Crippen LogP contribution in [0, 0.1) is 0 Å². The van der Waals surface area contributed by atoms with Crippen LogP contribution in [0.2, 0.25) is 0 Å². The topological polar surface area (TPSA) is 80.0 Å². The van der Waals surface area contributed by atoms with Crippen LogP contribution >= 0.6 is 0 Å². The second-order valence-electron chi connectivity index (χ2n) is 4.08. The van der Waals surface area contributed by atoms with E-state index in [4.69, 9.17) is 5.84 Å². The lowest BCUT2D eigenvalue weighted by Crippen LogP contribution is -2.34. The highest BCUT2D eigenvalue weighted by molar-refractivity contribution is 5.99. The van der Waals surface area contributed by atoms with Crippen molar-refractivity contribution in [3.05, 3.63) is 24.0 Å². The molecule has 1 aliphatic rings. The van der Waals surface area contributed by atoms with Crippen LogP contribution in [0.3, 0.4) is 0 Å². The summed E-state index contributed by atoms with van der Waals surface area (Å²) in [5.74, 6) is 5.19. The number of hydrogen-bond donors (Lipinski definition) is 3. The van der Waals surface area contributed by atoms with Gasteiger partial charge in [0.25, 0.3) is 5.91 Å². The zero-order valence-corrected chi connectivity index (χ0v) is 8.58. The number of amides is 1. The molecule has 0 spiro atoms. The van der Waals surface area contributed by atoms with Gasteiger partial charge in [-0.1, -0.05) is 0 Å². The van der Waals surface area contributed by atoms with Crippen molar-refractivity contribution in [2.24, 2.45) is 5.84 Å². The summed E-state index contributed by atoms with van der Waals surface area (Å²) in [5.41, 5.74) is 3.51. The number of nitrogens with zero attached hydrogens (tertiary/aromatic N) is 1. The predicted octanol–water partition coefficient (Wildman–Crippen LogP) is 0.649. The number of nitrogen functional groups attached to an aromatic ring is 1. The molecule has 1 amide bonds. The summed E-state index contributed by atoms with van der Waals surface area (Å²) in [6, 6.07) is 1.65. The van der Waals surface area contributed by atoms with Gasteiger partial charge in [-0.3, -0.25) is 15.6 Å². The molecule has 4 N–H and O–H groups in total. The summed E-state index contributed by atoms with van der Waals surface area (Å²) in [5, 5.41) is 2.96. The highest BCUT2D eigenvalue weighted by Gasteiger charge is 2.39. The molecule has 0 radical (unpaired) electrons. The van der Waals surface area contributed by atoms with E-state index in [9.17, 15) is 4.79 Å².